The molecule has 3 fully saturated rings. The van der Waals surface area contributed by atoms with E-state index in [0.717, 1.165) is 23.4 Å². The van der Waals surface area contributed by atoms with Crippen LogP contribution in [0.1, 0.15) is 19.8 Å². The highest BCUT2D eigenvalue weighted by molar-refractivity contribution is 5.81. The second-order valence-electron chi connectivity index (χ2n) is 7.82. The van der Waals surface area contributed by atoms with Gasteiger partial charge in [0.2, 0.25) is 0 Å². The van der Waals surface area contributed by atoms with E-state index < -0.39 is 0 Å². The average molecular weight is 375 g/mol. The lowest BCUT2D eigenvalue weighted by molar-refractivity contribution is -0.00769. The highest BCUT2D eigenvalue weighted by atomic mass is 16.5. The average Bonchev–Trinajstić information content (AvgIpc) is 2.75. The quantitative estimate of drug-likeness (QED) is 0.700. The summed E-state index contributed by atoms with van der Waals surface area (Å²) in [5.74, 6) is 2.12. The topological polar surface area (TPSA) is 47.4 Å². The smallest absolute Gasteiger partial charge is 0.261 e. The normalized spacial score (nSPS) is 23.8. The van der Waals surface area contributed by atoms with Gasteiger partial charge in [-0.3, -0.25) is 14.3 Å². The van der Waals surface area contributed by atoms with Gasteiger partial charge in [0.25, 0.3) is 5.56 Å². The van der Waals surface area contributed by atoms with Crippen molar-refractivity contribution in [3.8, 4) is 17.1 Å². The summed E-state index contributed by atoms with van der Waals surface area (Å²) >= 11 is 0. The molecule has 2 aromatic carbocycles. The Kier molecular flexibility index (Phi) is 4.40. The zero-order valence-electron chi connectivity index (χ0n) is 16.2. The van der Waals surface area contributed by atoms with Crippen molar-refractivity contribution in [2.24, 2.45) is 5.92 Å². The van der Waals surface area contributed by atoms with E-state index in [0.29, 0.717) is 23.7 Å². The van der Waals surface area contributed by atoms with Crippen LogP contribution in [0.25, 0.3) is 22.3 Å². The van der Waals surface area contributed by atoms with Gasteiger partial charge in [-0.1, -0.05) is 30.3 Å². The molecular weight excluding hydrogens is 350 g/mol. The first-order chi connectivity index (χ1) is 13.7. The summed E-state index contributed by atoms with van der Waals surface area (Å²) in [6.45, 7) is 5.93. The third kappa shape index (κ3) is 3.00. The number of aromatic nitrogens is 2. The van der Waals surface area contributed by atoms with E-state index in [1.165, 1.54) is 25.9 Å². The van der Waals surface area contributed by atoms with Crippen molar-refractivity contribution in [3.63, 3.8) is 0 Å². The van der Waals surface area contributed by atoms with Gasteiger partial charge >= 0.3 is 0 Å². The summed E-state index contributed by atoms with van der Waals surface area (Å²) < 4.78 is 8.07. The molecule has 0 saturated carbocycles. The van der Waals surface area contributed by atoms with Gasteiger partial charge in [0.15, 0.2) is 0 Å². The molecule has 1 unspecified atom stereocenters. The molecule has 0 amide bonds. The van der Waals surface area contributed by atoms with E-state index in [9.17, 15) is 4.79 Å². The highest BCUT2D eigenvalue weighted by Crippen LogP contribution is 2.31. The number of fused-ring (bicyclic) bond motifs is 4. The fourth-order valence-corrected chi connectivity index (χ4v) is 4.59. The van der Waals surface area contributed by atoms with Crippen molar-refractivity contribution < 1.29 is 4.74 Å². The van der Waals surface area contributed by atoms with Crippen molar-refractivity contribution in [3.05, 3.63) is 58.9 Å². The van der Waals surface area contributed by atoms with Gasteiger partial charge in [-0.25, -0.2) is 4.98 Å². The summed E-state index contributed by atoms with van der Waals surface area (Å²) in [6.07, 6.45) is 2.65. The summed E-state index contributed by atoms with van der Waals surface area (Å²) in [7, 11) is 0. The molecule has 1 atom stereocenters. The van der Waals surface area contributed by atoms with E-state index in [2.05, 4.69) is 4.90 Å². The minimum atomic E-state index is -0.00859. The number of hydrogen-bond donors (Lipinski definition) is 0. The van der Waals surface area contributed by atoms with Crippen molar-refractivity contribution in [2.75, 3.05) is 19.6 Å². The molecule has 0 aliphatic carbocycles. The van der Waals surface area contributed by atoms with E-state index in [4.69, 9.17) is 9.72 Å². The second kappa shape index (κ2) is 7.06. The molecule has 5 heteroatoms. The lowest BCUT2D eigenvalue weighted by atomic mass is 9.86. The third-order valence-corrected chi connectivity index (χ3v) is 6.16. The SMILES string of the molecule is CCn1c(-c2ccccc2)nc2ccc(OC3CN4CCC3CC4)cc2c1=O. The number of benzene rings is 2. The van der Waals surface area contributed by atoms with E-state index >= 15 is 0 Å². The molecule has 0 N–H and O–H groups in total. The molecule has 0 radical (unpaired) electrons. The van der Waals surface area contributed by atoms with Crippen molar-refractivity contribution in [1.29, 1.82) is 0 Å². The molecule has 3 aliphatic heterocycles. The minimum absolute atomic E-state index is 0.00859. The highest BCUT2D eigenvalue weighted by Gasteiger charge is 2.35. The zero-order chi connectivity index (χ0) is 19.1. The fourth-order valence-electron chi connectivity index (χ4n) is 4.59. The monoisotopic (exact) mass is 375 g/mol. The molecule has 3 saturated heterocycles. The first-order valence-electron chi connectivity index (χ1n) is 10.2. The molecule has 6 rings (SSSR count). The lowest BCUT2D eigenvalue weighted by Crippen LogP contribution is -2.52. The molecular formula is C23H25N3O2. The van der Waals surface area contributed by atoms with Crippen molar-refractivity contribution in [1.82, 2.24) is 14.5 Å². The van der Waals surface area contributed by atoms with Crippen LogP contribution in [0.15, 0.2) is 53.3 Å². The first-order valence-corrected chi connectivity index (χ1v) is 10.2. The molecule has 28 heavy (non-hydrogen) atoms. The number of ether oxygens (including phenoxy) is 1. The number of nitrogens with zero attached hydrogens (tertiary/aromatic N) is 3. The van der Waals surface area contributed by atoms with Crippen LogP contribution in [0.4, 0.5) is 0 Å². The predicted molar refractivity (Wildman–Crippen MR) is 111 cm³/mol. The van der Waals surface area contributed by atoms with Crippen LogP contribution < -0.4 is 10.3 Å². The van der Waals surface area contributed by atoms with Crippen LogP contribution >= 0.6 is 0 Å². The zero-order valence-corrected chi connectivity index (χ0v) is 16.2. The van der Waals surface area contributed by atoms with Crippen LogP contribution in [0.2, 0.25) is 0 Å². The Morgan fingerprint density at radius 1 is 1.11 bits per heavy atom. The maximum atomic E-state index is 13.2. The standard InChI is InChI=1S/C23H25N3O2/c1-2-26-22(17-6-4-3-5-7-17)24-20-9-8-18(14-19(20)23(26)27)28-21-15-25-12-10-16(21)11-13-25/h3-9,14,16,21H,2,10-13,15H2,1H3. The van der Waals surface area contributed by atoms with Crippen molar-refractivity contribution in [2.45, 2.75) is 32.4 Å². The number of hydrogen-bond acceptors (Lipinski definition) is 4. The first kappa shape index (κ1) is 17.4. The summed E-state index contributed by atoms with van der Waals surface area (Å²) in [4.78, 5) is 20.5. The van der Waals surface area contributed by atoms with Crippen LogP contribution in [0.3, 0.4) is 0 Å². The summed E-state index contributed by atoms with van der Waals surface area (Å²) in [5, 5.41) is 0.625. The Hall–Kier alpha value is -2.66. The van der Waals surface area contributed by atoms with Crippen molar-refractivity contribution >= 4 is 10.9 Å². The predicted octanol–water partition coefficient (Wildman–Crippen LogP) is 3.56. The fraction of sp³-hybridized carbons (Fsp3) is 0.391. The Bertz CT molecular complexity index is 1050. The molecule has 0 spiro atoms. The molecule has 5 nitrogen and oxygen atoms in total. The van der Waals surface area contributed by atoms with Gasteiger partial charge < -0.3 is 4.74 Å². The molecule has 3 aromatic rings. The van der Waals surface area contributed by atoms with Gasteiger partial charge in [0.05, 0.1) is 10.9 Å². The van der Waals surface area contributed by atoms with Gasteiger partial charge in [0.1, 0.15) is 17.7 Å². The maximum Gasteiger partial charge on any atom is 0.261 e. The Labute approximate surface area is 164 Å². The second-order valence-corrected chi connectivity index (χ2v) is 7.82. The lowest BCUT2D eigenvalue weighted by Gasteiger charge is -2.44. The molecule has 1 aromatic heterocycles. The van der Waals surface area contributed by atoms with Gasteiger partial charge in [0, 0.05) is 18.7 Å². The van der Waals surface area contributed by atoms with Crippen LogP contribution in [-0.2, 0) is 6.54 Å². The summed E-state index contributed by atoms with van der Waals surface area (Å²) in [5.41, 5.74) is 1.66. The van der Waals surface area contributed by atoms with Gasteiger partial charge in [-0.05, 0) is 57.0 Å². The van der Waals surface area contributed by atoms with Gasteiger partial charge in [-0.15, -0.1) is 0 Å². The van der Waals surface area contributed by atoms with Crippen LogP contribution in [0, 0.1) is 5.92 Å². The number of piperidine rings is 3. The Morgan fingerprint density at radius 3 is 2.57 bits per heavy atom. The molecule has 144 valence electrons. The molecule has 3 aliphatic rings. The third-order valence-electron chi connectivity index (χ3n) is 6.16. The Morgan fingerprint density at radius 2 is 1.89 bits per heavy atom. The maximum absolute atomic E-state index is 13.2. The largest absolute Gasteiger partial charge is 0.489 e. The van der Waals surface area contributed by atoms with Crippen LogP contribution in [-0.4, -0.2) is 40.2 Å². The van der Waals surface area contributed by atoms with Crippen LogP contribution in [0.5, 0.6) is 5.75 Å². The van der Waals surface area contributed by atoms with E-state index in [-0.39, 0.29) is 11.7 Å². The van der Waals surface area contributed by atoms with E-state index in [1.807, 2.05) is 55.5 Å². The van der Waals surface area contributed by atoms with E-state index in [1.54, 1.807) is 4.57 Å². The molecule has 2 bridgehead atoms. The van der Waals surface area contributed by atoms with Gasteiger partial charge in [-0.2, -0.15) is 0 Å². The number of rotatable bonds is 4. The summed E-state index contributed by atoms with van der Waals surface area (Å²) in [6, 6.07) is 15.6. The Balaban J connectivity index is 1.53. The molecule has 4 heterocycles. The minimum Gasteiger partial charge on any atom is -0.489 e.